The van der Waals surface area contributed by atoms with Gasteiger partial charge in [-0.25, -0.2) is 14.5 Å². The number of halogens is 1. The van der Waals surface area contributed by atoms with E-state index in [9.17, 15) is 19.2 Å². The molecule has 182 valence electrons. The Hall–Kier alpha value is -4.43. The first-order valence-electron chi connectivity index (χ1n) is 10.8. The Kier molecular flexibility index (Phi) is 7.17. The monoisotopic (exact) mass is 504 g/mol. The number of methoxy groups -OCH3 is 1. The van der Waals surface area contributed by atoms with Crippen LogP contribution < -0.4 is 15.0 Å². The van der Waals surface area contributed by atoms with Crippen molar-refractivity contribution in [2.75, 3.05) is 12.0 Å². The average molecular weight is 505 g/mol. The molecule has 1 fully saturated rings. The van der Waals surface area contributed by atoms with E-state index in [0.29, 0.717) is 22.9 Å². The summed E-state index contributed by atoms with van der Waals surface area (Å²) in [7, 11) is 1.25. The summed E-state index contributed by atoms with van der Waals surface area (Å²) >= 11 is 6.37. The van der Waals surface area contributed by atoms with Crippen molar-refractivity contribution in [2.24, 2.45) is 0 Å². The molecule has 1 saturated heterocycles. The highest BCUT2D eigenvalue weighted by atomic mass is 35.5. The van der Waals surface area contributed by atoms with Gasteiger partial charge in [0, 0.05) is 0 Å². The van der Waals surface area contributed by atoms with Gasteiger partial charge in [-0.15, -0.1) is 0 Å². The zero-order chi connectivity index (χ0) is 25.8. The van der Waals surface area contributed by atoms with Crippen molar-refractivity contribution in [1.29, 1.82) is 0 Å². The van der Waals surface area contributed by atoms with Crippen LogP contribution in [0.5, 0.6) is 5.75 Å². The van der Waals surface area contributed by atoms with E-state index < -0.39 is 23.8 Å². The van der Waals surface area contributed by atoms with Gasteiger partial charge in [0.1, 0.15) is 17.9 Å². The summed E-state index contributed by atoms with van der Waals surface area (Å²) in [6, 6.07) is 17.5. The minimum atomic E-state index is -0.897. The maximum Gasteiger partial charge on any atom is 0.337 e. The molecule has 1 aliphatic heterocycles. The van der Waals surface area contributed by atoms with E-state index >= 15 is 0 Å². The predicted octanol–water partition coefficient (Wildman–Crippen LogP) is 4.68. The van der Waals surface area contributed by atoms with E-state index in [4.69, 9.17) is 16.3 Å². The molecule has 3 aromatic carbocycles. The molecule has 0 unspecified atom stereocenters. The molecule has 0 atom stereocenters. The lowest BCUT2D eigenvalue weighted by Gasteiger charge is -2.26. The topological polar surface area (TPSA) is 102 Å². The molecule has 0 bridgehead atoms. The van der Waals surface area contributed by atoms with Gasteiger partial charge in [-0.3, -0.25) is 14.9 Å². The molecule has 4 amide bonds. The summed E-state index contributed by atoms with van der Waals surface area (Å²) in [5, 5.41) is 2.45. The number of hydrogen-bond acceptors (Lipinski definition) is 6. The van der Waals surface area contributed by atoms with Crippen molar-refractivity contribution in [2.45, 2.75) is 13.5 Å². The largest absolute Gasteiger partial charge is 0.487 e. The van der Waals surface area contributed by atoms with Crippen LogP contribution in [-0.2, 0) is 20.9 Å². The van der Waals surface area contributed by atoms with Gasteiger partial charge in [0.05, 0.1) is 23.4 Å². The molecule has 0 radical (unpaired) electrons. The number of nitrogens with zero attached hydrogens (tertiary/aromatic N) is 1. The number of urea groups is 1. The average Bonchev–Trinajstić information content (AvgIpc) is 2.87. The quantitative estimate of drug-likeness (QED) is 0.297. The third-order valence-electron chi connectivity index (χ3n) is 5.43. The van der Waals surface area contributed by atoms with Crippen molar-refractivity contribution in [3.05, 3.63) is 99.6 Å². The van der Waals surface area contributed by atoms with Crippen LogP contribution in [0, 0.1) is 6.92 Å². The number of benzene rings is 3. The molecule has 0 spiro atoms. The molecule has 1 aliphatic rings. The highest BCUT2D eigenvalue weighted by molar-refractivity contribution is 6.39. The Morgan fingerprint density at radius 1 is 1.00 bits per heavy atom. The van der Waals surface area contributed by atoms with Crippen LogP contribution in [0.15, 0.2) is 72.3 Å². The Morgan fingerprint density at radius 3 is 2.33 bits per heavy atom. The Bertz CT molecular complexity index is 1380. The number of amides is 4. The van der Waals surface area contributed by atoms with Gasteiger partial charge in [-0.1, -0.05) is 47.5 Å². The first-order valence-corrected chi connectivity index (χ1v) is 11.2. The van der Waals surface area contributed by atoms with Gasteiger partial charge < -0.3 is 9.47 Å². The van der Waals surface area contributed by atoms with Crippen LogP contribution in [0.25, 0.3) is 6.08 Å². The van der Waals surface area contributed by atoms with E-state index in [2.05, 4.69) is 10.1 Å². The van der Waals surface area contributed by atoms with Crippen molar-refractivity contribution in [1.82, 2.24) is 5.32 Å². The van der Waals surface area contributed by atoms with Crippen molar-refractivity contribution >= 4 is 47.2 Å². The van der Waals surface area contributed by atoms with Crippen molar-refractivity contribution in [3.8, 4) is 5.75 Å². The van der Waals surface area contributed by atoms with Crippen molar-refractivity contribution in [3.63, 3.8) is 0 Å². The second-order valence-electron chi connectivity index (χ2n) is 7.96. The summed E-state index contributed by atoms with van der Waals surface area (Å²) in [4.78, 5) is 50.4. The highest BCUT2D eigenvalue weighted by Gasteiger charge is 2.36. The summed E-state index contributed by atoms with van der Waals surface area (Å²) < 4.78 is 10.4. The van der Waals surface area contributed by atoms with E-state index in [1.165, 1.54) is 37.5 Å². The minimum absolute atomic E-state index is 0.182. The number of esters is 1. The number of barbiturate groups is 1. The molecule has 9 heteroatoms. The Labute approximate surface area is 212 Å². The molecule has 0 aliphatic carbocycles. The van der Waals surface area contributed by atoms with Crippen LogP contribution in [0.4, 0.5) is 10.5 Å². The number of imide groups is 2. The van der Waals surface area contributed by atoms with Gasteiger partial charge in [-0.05, 0) is 60.5 Å². The standard InChI is InChI=1S/C27H21ClN2O6/c1-16-3-5-17(6-4-16)15-36-23-12-7-18(14-22(23)28)13-21-24(31)29-27(34)30(25(21)32)20-10-8-19(9-11-20)26(33)35-2/h3-14H,15H2,1-2H3,(H,29,31,34)/b21-13+. The van der Waals surface area contributed by atoms with Gasteiger partial charge in [0.25, 0.3) is 11.8 Å². The fourth-order valence-corrected chi connectivity index (χ4v) is 3.74. The number of carbonyl (C=O) groups is 4. The molecule has 0 saturated carbocycles. The SMILES string of the molecule is COC(=O)c1ccc(N2C(=O)NC(=O)/C(=C\c3ccc(OCc4ccc(C)cc4)c(Cl)c3)C2=O)cc1. The normalized spacial score (nSPS) is 14.6. The fraction of sp³-hybridized carbons (Fsp3) is 0.111. The lowest BCUT2D eigenvalue weighted by atomic mass is 10.1. The van der Waals surface area contributed by atoms with Crippen LogP contribution in [0.3, 0.4) is 0 Å². The van der Waals surface area contributed by atoms with Crippen LogP contribution >= 0.6 is 11.6 Å². The molecule has 4 rings (SSSR count). The lowest BCUT2D eigenvalue weighted by Crippen LogP contribution is -2.54. The summed E-state index contributed by atoms with van der Waals surface area (Å²) in [6.07, 6.45) is 1.34. The smallest absolute Gasteiger partial charge is 0.337 e. The second-order valence-corrected chi connectivity index (χ2v) is 8.37. The number of ether oxygens (including phenoxy) is 2. The summed E-state index contributed by atoms with van der Waals surface area (Å²) in [6.45, 7) is 2.33. The zero-order valence-electron chi connectivity index (χ0n) is 19.4. The molecule has 0 aromatic heterocycles. The van der Waals surface area contributed by atoms with Gasteiger partial charge in [-0.2, -0.15) is 0 Å². The Balaban J connectivity index is 1.54. The predicted molar refractivity (Wildman–Crippen MR) is 134 cm³/mol. The van der Waals surface area contributed by atoms with E-state index in [1.807, 2.05) is 31.2 Å². The van der Waals surface area contributed by atoms with Gasteiger partial charge in [0.15, 0.2) is 0 Å². The van der Waals surface area contributed by atoms with Crippen molar-refractivity contribution < 1.29 is 28.7 Å². The number of carbonyl (C=O) groups excluding carboxylic acids is 4. The molecule has 1 N–H and O–H groups in total. The minimum Gasteiger partial charge on any atom is -0.487 e. The molecule has 8 nitrogen and oxygen atoms in total. The maximum atomic E-state index is 13.1. The molecule has 1 heterocycles. The fourth-order valence-electron chi connectivity index (χ4n) is 3.49. The first-order chi connectivity index (χ1) is 17.3. The summed E-state index contributed by atoms with van der Waals surface area (Å²) in [5.74, 6) is -1.76. The molecule has 36 heavy (non-hydrogen) atoms. The third-order valence-corrected chi connectivity index (χ3v) is 5.73. The number of nitrogens with one attached hydrogen (secondary N) is 1. The Morgan fingerprint density at radius 2 is 1.69 bits per heavy atom. The maximum absolute atomic E-state index is 13.1. The number of hydrogen-bond donors (Lipinski definition) is 1. The lowest BCUT2D eigenvalue weighted by molar-refractivity contribution is -0.122. The van der Waals surface area contributed by atoms with Gasteiger partial charge >= 0.3 is 12.0 Å². The number of rotatable bonds is 6. The molecular formula is C27H21ClN2O6. The molecular weight excluding hydrogens is 484 g/mol. The molecule has 3 aromatic rings. The van der Waals surface area contributed by atoms with E-state index in [0.717, 1.165) is 16.0 Å². The number of aryl methyl sites for hydroxylation is 1. The second kappa shape index (κ2) is 10.5. The zero-order valence-corrected chi connectivity index (χ0v) is 20.2. The number of anilines is 1. The third kappa shape index (κ3) is 5.29. The highest BCUT2D eigenvalue weighted by Crippen LogP contribution is 2.28. The first kappa shape index (κ1) is 24.7. The van der Waals surface area contributed by atoms with E-state index in [-0.39, 0.29) is 16.8 Å². The summed E-state index contributed by atoms with van der Waals surface area (Å²) in [5.41, 5.74) is 2.77. The van der Waals surface area contributed by atoms with Crippen LogP contribution in [-0.4, -0.2) is 30.9 Å². The van der Waals surface area contributed by atoms with E-state index in [1.54, 1.807) is 18.2 Å². The van der Waals surface area contributed by atoms with Gasteiger partial charge in [0.2, 0.25) is 0 Å². The van der Waals surface area contributed by atoms with Crippen LogP contribution in [0.1, 0.15) is 27.0 Å². The van der Waals surface area contributed by atoms with Crippen LogP contribution in [0.2, 0.25) is 5.02 Å².